The van der Waals surface area contributed by atoms with Gasteiger partial charge in [-0.1, -0.05) is 0 Å². The Hall–Kier alpha value is -0.361. The van der Waals surface area contributed by atoms with Gasteiger partial charge in [0.15, 0.2) is 0 Å². The molecule has 0 aliphatic rings. The van der Waals surface area contributed by atoms with Crippen LogP contribution in [0.4, 0.5) is 0 Å². The van der Waals surface area contributed by atoms with Gasteiger partial charge in [0.25, 0.3) is 0 Å². The first-order valence-electron chi connectivity index (χ1n) is 14.9. The predicted molar refractivity (Wildman–Crippen MR) is 159 cm³/mol. The number of rotatable bonds is 22. The average molecular weight is 610 g/mol. The van der Waals surface area contributed by atoms with E-state index >= 15 is 0 Å². The molecule has 0 amide bonds. The quantitative estimate of drug-likeness (QED) is 0.0567. The van der Waals surface area contributed by atoms with Crippen LogP contribution >= 0.6 is 0 Å². The van der Waals surface area contributed by atoms with Crippen molar-refractivity contribution in [1.82, 2.24) is 0 Å². The van der Waals surface area contributed by atoms with E-state index in [4.69, 9.17) is 14.2 Å². The summed E-state index contributed by atoms with van der Waals surface area (Å²) in [6.07, 6.45) is 14.6. The van der Waals surface area contributed by atoms with Crippen molar-refractivity contribution in [1.29, 1.82) is 0 Å². The Balaban J connectivity index is 3.05. The summed E-state index contributed by atoms with van der Waals surface area (Å²) in [7, 11) is 0. The van der Waals surface area contributed by atoms with Crippen LogP contribution in [0.1, 0.15) is 105 Å². The number of ether oxygens (including phenoxy) is 3. The van der Waals surface area contributed by atoms with Gasteiger partial charge in [0.2, 0.25) is 0 Å². The van der Waals surface area contributed by atoms with E-state index in [1.807, 2.05) is 6.07 Å². The van der Waals surface area contributed by atoms with Crippen molar-refractivity contribution in [3.05, 3.63) is 48.0 Å². The van der Waals surface area contributed by atoms with Gasteiger partial charge in [0, 0.05) is 0 Å². The molecule has 0 saturated carbocycles. The summed E-state index contributed by atoms with van der Waals surface area (Å²) in [6.45, 7) is 16.8. The third-order valence-corrected chi connectivity index (χ3v) is 21.9. The van der Waals surface area contributed by atoms with Crippen LogP contribution in [0, 0.1) is 5.92 Å². The van der Waals surface area contributed by atoms with Crippen LogP contribution in [0.15, 0.2) is 42.5 Å². The number of hydrogen-bond acceptors (Lipinski definition) is 3. The zero-order chi connectivity index (χ0) is 26.7. The summed E-state index contributed by atoms with van der Waals surface area (Å²) >= 11 is -2.43. The molecule has 0 aliphatic heterocycles. The van der Waals surface area contributed by atoms with Gasteiger partial charge >= 0.3 is 229 Å². The van der Waals surface area contributed by atoms with E-state index in [0.717, 1.165) is 17.5 Å². The minimum atomic E-state index is -2.43. The molecule has 0 unspecified atom stereocenters. The first kappa shape index (κ1) is 33.7. The van der Waals surface area contributed by atoms with Gasteiger partial charge in [0.1, 0.15) is 0 Å². The summed E-state index contributed by atoms with van der Waals surface area (Å²) in [4.78, 5) is 0. The molecule has 1 aromatic rings. The Morgan fingerprint density at radius 3 is 1.97 bits per heavy atom. The van der Waals surface area contributed by atoms with Crippen LogP contribution in [0.5, 0.6) is 0 Å². The first-order chi connectivity index (χ1) is 17.4. The zero-order valence-corrected chi connectivity index (χ0v) is 27.7. The molecule has 0 spiro atoms. The molecular weight excluding hydrogens is 551 g/mol. The molecule has 0 saturated heterocycles. The number of unbranched alkanes of at least 4 members (excludes halogenated alkanes) is 3. The molecular formula is C32H58O3Sn. The average Bonchev–Trinajstić information content (AvgIpc) is 2.88. The first-order valence-corrected chi connectivity index (χ1v) is 23.0. The fourth-order valence-electron chi connectivity index (χ4n) is 5.47. The number of hydrogen-bond donors (Lipinski definition) is 0. The molecule has 0 aromatic heterocycles. The van der Waals surface area contributed by atoms with Gasteiger partial charge in [-0.15, -0.1) is 0 Å². The maximum absolute atomic E-state index is 7.10. The molecule has 0 bridgehead atoms. The Labute approximate surface area is 228 Å². The van der Waals surface area contributed by atoms with E-state index in [1.165, 1.54) is 57.4 Å². The topological polar surface area (TPSA) is 27.7 Å². The number of benzene rings is 1. The van der Waals surface area contributed by atoms with Gasteiger partial charge in [-0.3, -0.25) is 0 Å². The SMILES string of the molecule is C/C=C/[C@](C)(O[CH2][Sn]([CH2]CCC)([CH2]CCC)[CH2]CCC)[C@@H](OCOCc1ccccc1)[C@H](C)CCC. The van der Waals surface area contributed by atoms with E-state index in [-0.39, 0.29) is 6.10 Å². The predicted octanol–water partition coefficient (Wildman–Crippen LogP) is 9.72. The van der Waals surface area contributed by atoms with Crippen LogP contribution in [0.3, 0.4) is 0 Å². The monoisotopic (exact) mass is 610 g/mol. The van der Waals surface area contributed by atoms with Crippen molar-refractivity contribution in [3.8, 4) is 0 Å². The second-order valence-electron chi connectivity index (χ2n) is 11.1. The molecule has 208 valence electrons. The van der Waals surface area contributed by atoms with Crippen molar-refractivity contribution < 1.29 is 14.2 Å². The third-order valence-electron chi connectivity index (χ3n) is 7.64. The van der Waals surface area contributed by atoms with Gasteiger partial charge < -0.3 is 0 Å². The van der Waals surface area contributed by atoms with Crippen molar-refractivity contribution in [2.24, 2.45) is 5.92 Å². The third kappa shape index (κ3) is 12.5. The summed E-state index contributed by atoms with van der Waals surface area (Å²) in [5, 5.41) is 0. The fraction of sp³-hybridized carbons (Fsp3) is 0.750. The van der Waals surface area contributed by atoms with Crippen molar-refractivity contribution >= 4 is 18.4 Å². The second kappa shape index (κ2) is 19.7. The molecule has 3 nitrogen and oxygen atoms in total. The van der Waals surface area contributed by atoms with Crippen LogP contribution in [0.2, 0.25) is 13.3 Å². The van der Waals surface area contributed by atoms with E-state index in [9.17, 15) is 0 Å². The molecule has 0 aliphatic carbocycles. The molecule has 1 rings (SSSR count). The molecule has 36 heavy (non-hydrogen) atoms. The van der Waals surface area contributed by atoms with Crippen molar-refractivity contribution in [3.63, 3.8) is 0 Å². The zero-order valence-electron chi connectivity index (χ0n) is 24.8. The fourth-order valence-corrected chi connectivity index (χ4v) is 20.1. The normalized spacial score (nSPS) is 15.8. The summed E-state index contributed by atoms with van der Waals surface area (Å²) in [6, 6.07) is 10.3. The molecule has 1 aromatic carbocycles. The summed E-state index contributed by atoms with van der Waals surface area (Å²) in [5.41, 5.74) is 0.736. The molecule has 0 fully saturated rings. The Morgan fingerprint density at radius 1 is 0.889 bits per heavy atom. The van der Waals surface area contributed by atoms with Crippen molar-refractivity contribution in [2.75, 3.05) is 11.4 Å². The van der Waals surface area contributed by atoms with Crippen LogP contribution < -0.4 is 0 Å². The molecule has 0 heterocycles. The van der Waals surface area contributed by atoms with Crippen LogP contribution in [0.25, 0.3) is 0 Å². The summed E-state index contributed by atoms with van der Waals surface area (Å²) in [5.74, 6) is 0.392. The Bertz CT molecular complexity index is 655. The minimum absolute atomic E-state index is 0.0306. The van der Waals surface area contributed by atoms with E-state index in [0.29, 0.717) is 19.3 Å². The van der Waals surface area contributed by atoms with E-state index in [2.05, 4.69) is 84.9 Å². The molecule has 3 atom stereocenters. The number of allylic oxidation sites excluding steroid dienone is 1. The maximum atomic E-state index is 7.10. The molecule has 4 heteroatoms. The Morgan fingerprint density at radius 2 is 1.47 bits per heavy atom. The van der Waals surface area contributed by atoms with Gasteiger partial charge in [-0.05, 0) is 0 Å². The Kier molecular flexibility index (Phi) is 18.4. The van der Waals surface area contributed by atoms with E-state index < -0.39 is 24.0 Å². The second-order valence-corrected chi connectivity index (χ2v) is 24.8. The van der Waals surface area contributed by atoms with Gasteiger partial charge in [-0.2, -0.15) is 0 Å². The molecule has 0 radical (unpaired) electrons. The van der Waals surface area contributed by atoms with Crippen LogP contribution in [-0.2, 0) is 20.8 Å². The molecule has 0 N–H and O–H groups in total. The summed E-state index contributed by atoms with van der Waals surface area (Å²) < 4.78 is 25.0. The standard InChI is InChI=1S/C20H31O3.3C4H9.Sn/c1-6-11-17(3)19(20(4,21-5)14-7-2)23-16-22-15-18-12-9-8-10-13-18;3*1-3-4-2;/h7-10,12-14,17,19H,5-6,11,15-16H2,1-4H3;3*1,3-4H2,2H3;/b14-7+;;;;/t17-,19+,20+;;;;/m1..../s1. The van der Waals surface area contributed by atoms with Gasteiger partial charge in [-0.25, -0.2) is 0 Å². The van der Waals surface area contributed by atoms with E-state index in [1.54, 1.807) is 0 Å². The van der Waals surface area contributed by atoms with Gasteiger partial charge in [0.05, 0.1) is 0 Å². The van der Waals surface area contributed by atoms with Crippen LogP contribution in [-0.4, -0.2) is 41.5 Å². The van der Waals surface area contributed by atoms with Crippen molar-refractivity contribution in [2.45, 2.75) is 131 Å².